The summed E-state index contributed by atoms with van der Waals surface area (Å²) in [7, 11) is 4.77. The van der Waals surface area contributed by atoms with Gasteiger partial charge in [-0.15, -0.1) is 0 Å². The highest BCUT2D eigenvalue weighted by Gasteiger charge is 2.31. The predicted molar refractivity (Wildman–Crippen MR) is 128 cm³/mol. The summed E-state index contributed by atoms with van der Waals surface area (Å²) in [6.45, 7) is 3.22. The molecule has 0 saturated carbocycles. The molecule has 0 aliphatic carbocycles. The van der Waals surface area contributed by atoms with Crippen molar-refractivity contribution in [3.8, 4) is 17.2 Å². The van der Waals surface area contributed by atoms with Gasteiger partial charge in [0, 0.05) is 43.9 Å². The minimum Gasteiger partial charge on any atom is -0.493 e. The highest BCUT2D eigenvalue weighted by molar-refractivity contribution is 6.02. The third-order valence-corrected chi connectivity index (χ3v) is 6.35. The lowest BCUT2D eigenvalue weighted by atomic mass is 10.0. The maximum atomic E-state index is 13.3. The van der Waals surface area contributed by atoms with E-state index in [4.69, 9.17) is 14.2 Å². The number of hydrogen-bond acceptors (Lipinski definition) is 7. The van der Waals surface area contributed by atoms with Crippen LogP contribution < -0.4 is 19.5 Å². The van der Waals surface area contributed by atoms with Crippen LogP contribution in [-0.4, -0.2) is 86.6 Å². The molecule has 0 spiro atoms. The van der Waals surface area contributed by atoms with E-state index in [1.54, 1.807) is 45.6 Å². The molecule has 0 aromatic heterocycles. The van der Waals surface area contributed by atoms with E-state index in [1.807, 2.05) is 17.0 Å². The maximum absolute atomic E-state index is 13.3. The number of nitrogens with one attached hydrogen (secondary N) is 1. The van der Waals surface area contributed by atoms with Crippen LogP contribution in [0, 0.1) is 0 Å². The average Bonchev–Trinajstić information content (AvgIpc) is 3.20. The van der Waals surface area contributed by atoms with Crippen molar-refractivity contribution in [1.82, 2.24) is 20.0 Å². The number of rotatable bonds is 8. The lowest BCUT2D eigenvalue weighted by Crippen LogP contribution is -2.48. The molecule has 1 N–H and O–H groups in total. The molecule has 0 unspecified atom stereocenters. The van der Waals surface area contributed by atoms with Crippen LogP contribution in [0.15, 0.2) is 36.4 Å². The summed E-state index contributed by atoms with van der Waals surface area (Å²) in [5, 5.41) is 2.51. The topological polar surface area (TPSA) is 101 Å². The Bertz CT molecular complexity index is 1100. The Hall–Kier alpha value is -3.79. The van der Waals surface area contributed by atoms with Crippen molar-refractivity contribution in [3.05, 3.63) is 53.1 Å². The van der Waals surface area contributed by atoms with Gasteiger partial charge in [-0.2, -0.15) is 0 Å². The number of carbonyl (C=O) groups is 3. The molecule has 2 fully saturated rings. The fourth-order valence-corrected chi connectivity index (χ4v) is 4.46. The molecular weight excluding hydrogens is 452 g/mol. The van der Waals surface area contributed by atoms with Gasteiger partial charge in [-0.25, -0.2) is 4.79 Å². The Labute approximate surface area is 204 Å². The van der Waals surface area contributed by atoms with Crippen molar-refractivity contribution in [2.75, 3.05) is 54.1 Å². The molecule has 2 aromatic carbocycles. The first-order valence-corrected chi connectivity index (χ1v) is 11.4. The molecule has 10 nitrogen and oxygen atoms in total. The molecule has 2 aliphatic rings. The smallest absolute Gasteiger partial charge is 0.324 e. The molecule has 186 valence electrons. The van der Waals surface area contributed by atoms with Crippen LogP contribution in [-0.2, 0) is 17.9 Å². The number of ether oxygens (including phenoxy) is 3. The first-order valence-electron chi connectivity index (χ1n) is 11.4. The van der Waals surface area contributed by atoms with E-state index < -0.39 is 6.03 Å². The number of benzene rings is 2. The van der Waals surface area contributed by atoms with Crippen molar-refractivity contribution in [3.63, 3.8) is 0 Å². The van der Waals surface area contributed by atoms with Crippen molar-refractivity contribution in [1.29, 1.82) is 0 Å². The van der Waals surface area contributed by atoms with Crippen molar-refractivity contribution < 1.29 is 28.6 Å². The zero-order chi connectivity index (χ0) is 24.9. The Morgan fingerprint density at radius 1 is 0.857 bits per heavy atom. The van der Waals surface area contributed by atoms with E-state index in [-0.39, 0.29) is 24.9 Å². The number of piperazine rings is 1. The molecular formula is C25H30N4O6. The zero-order valence-electron chi connectivity index (χ0n) is 20.2. The lowest BCUT2D eigenvalue weighted by Gasteiger charge is -2.35. The van der Waals surface area contributed by atoms with Gasteiger partial charge in [-0.3, -0.25) is 19.4 Å². The van der Waals surface area contributed by atoms with E-state index in [2.05, 4.69) is 10.2 Å². The summed E-state index contributed by atoms with van der Waals surface area (Å²) >= 11 is 0. The maximum Gasteiger partial charge on any atom is 0.324 e. The lowest BCUT2D eigenvalue weighted by molar-refractivity contribution is -0.125. The van der Waals surface area contributed by atoms with E-state index in [9.17, 15) is 14.4 Å². The third-order valence-electron chi connectivity index (χ3n) is 6.35. The largest absolute Gasteiger partial charge is 0.493 e. The standard InChI is InChI=1S/C25H30N4O6/c1-33-20-9-8-18(22(34-2)23(20)35-3)15-27-10-12-28(13-11-27)24(31)19-7-5-4-6-17(19)16-29-21(30)14-26-25(29)32/h4-9H,10-16H2,1-3H3,(H,26,32). The molecule has 4 rings (SSSR count). The van der Waals surface area contributed by atoms with Crippen LogP contribution in [0.2, 0.25) is 0 Å². The number of amides is 4. The number of carbonyl (C=O) groups excluding carboxylic acids is 3. The van der Waals surface area contributed by atoms with Gasteiger partial charge in [0.05, 0.1) is 34.4 Å². The minimum absolute atomic E-state index is 0.0121. The molecule has 2 aliphatic heterocycles. The summed E-state index contributed by atoms with van der Waals surface area (Å²) in [6.07, 6.45) is 0. The Morgan fingerprint density at radius 2 is 1.57 bits per heavy atom. The number of nitrogens with zero attached hydrogens (tertiary/aromatic N) is 3. The van der Waals surface area contributed by atoms with E-state index in [0.717, 1.165) is 10.5 Å². The number of imide groups is 1. The number of urea groups is 1. The van der Waals surface area contributed by atoms with Crippen LogP contribution >= 0.6 is 0 Å². The summed E-state index contributed by atoms with van der Waals surface area (Å²) in [4.78, 5) is 42.5. The van der Waals surface area contributed by atoms with Crippen molar-refractivity contribution in [2.45, 2.75) is 13.1 Å². The van der Waals surface area contributed by atoms with Crippen molar-refractivity contribution >= 4 is 17.8 Å². The van der Waals surface area contributed by atoms with Crippen molar-refractivity contribution in [2.24, 2.45) is 0 Å². The van der Waals surface area contributed by atoms with Gasteiger partial charge in [0.25, 0.3) is 5.91 Å². The minimum atomic E-state index is -0.434. The quantitative estimate of drug-likeness (QED) is 0.572. The molecule has 0 radical (unpaired) electrons. The Kier molecular flexibility index (Phi) is 7.40. The second kappa shape index (κ2) is 10.6. The Balaban J connectivity index is 1.42. The zero-order valence-corrected chi connectivity index (χ0v) is 20.2. The first kappa shape index (κ1) is 24.3. The molecule has 0 atom stereocenters. The summed E-state index contributed by atoms with van der Waals surface area (Å²) in [5.41, 5.74) is 2.14. The predicted octanol–water partition coefficient (Wildman–Crippen LogP) is 1.72. The van der Waals surface area contributed by atoms with Crippen LogP contribution in [0.5, 0.6) is 17.2 Å². The molecule has 4 amide bonds. The SMILES string of the molecule is COc1ccc(CN2CCN(C(=O)c3ccccc3CN3C(=O)CNC3=O)CC2)c(OC)c1OC. The molecule has 10 heteroatoms. The van der Waals surface area contributed by atoms with Gasteiger partial charge in [-0.05, 0) is 17.7 Å². The van der Waals surface area contributed by atoms with Crippen LogP contribution in [0.4, 0.5) is 4.79 Å². The fourth-order valence-electron chi connectivity index (χ4n) is 4.46. The summed E-state index contributed by atoms with van der Waals surface area (Å²) in [6, 6.07) is 10.5. The van der Waals surface area contributed by atoms with Crippen LogP contribution in [0.1, 0.15) is 21.5 Å². The highest BCUT2D eigenvalue weighted by atomic mass is 16.5. The molecule has 2 heterocycles. The van der Waals surface area contributed by atoms with Gasteiger partial charge >= 0.3 is 6.03 Å². The number of methoxy groups -OCH3 is 3. The molecule has 0 bridgehead atoms. The van der Waals surface area contributed by atoms with E-state index >= 15 is 0 Å². The molecule has 35 heavy (non-hydrogen) atoms. The fraction of sp³-hybridized carbons (Fsp3) is 0.400. The monoisotopic (exact) mass is 482 g/mol. The first-order chi connectivity index (χ1) is 17.0. The van der Waals surface area contributed by atoms with E-state index in [0.29, 0.717) is 61.1 Å². The second-order valence-corrected chi connectivity index (χ2v) is 8.36. The second-order valence-electron chi connectivity index (χ2n) is 8.36. The number of hydrogen-bond donors (Lipinski definition) is 1. The summed E-state index contributed by atoms with van der Waals surface area (Å²) < 4.78 is 16.4. The van der Waals surface area contributed by atoms with Crippen LogP contribution in [0.25, 0.3) is 0 Å². The van der Waals surface area contributed by atoms with Gasteiger partial charge in [-0.1, -0.05) is 24.3 Å². The van der Waals surface area contributed by atoms with Crippen LogP contribution in [0.3, 0.4) is 0 Å². The van der Waals surface area contributed by atoms with Gasteiger partial charge in [0.15, 0.2) is 11.5 Å². The average molecular weight is 483 g/mol. The normalized spacial score (nSPS) is 16.3. The van der Waals surface area contributed by atoms with Gasteiger partial charge < -0.3 is 24.4 Å². The third kappa shape index (κ3) is 5.02. The highest BCUT2D eigenvalue weighted by Crippen LogP contribution is 2.40. The Morgan fingerprint density at radius 3 is 2.20 bits per heavy atom. The molecule has 2 saturated heterocycles. The van der Waals surface area contributed by atoms with E-state index in [1.165, 1.54) is 0 Å². The molecule has 2 aromatic rings. The van der Waals surface area contributed by atoms with Gasteiger partial charge in [0.2, 0.25) is 11.7 Å². The summed E-state index contributed by atoms with van der Waals surface area (Å²) in [5.74, 6) is 1.41. The van der Waals surface area contributed by atoms with Gasteiger partial charge in [0.1, 0.15) is 0 Å².